The number of fused-ring (bicyclic) bond motifs is 1. The van der Waals surface area contributed by atoms with Crippen molar-refractivity contribution in [3.8, 4) is 0 Å². The molecule has 0 bridgehead atoms. The summed E-state index contributed by atoms with van der Waals surface area (Å²) in [7, 11) is 1.73. The van der Waals surface area contributed by atoms with E-state index < -0.39 is 11.7 Å². The summed E-state index contributed by atoms with van der Waals surface area (Å²) < 4.78 is 15.4. The maximum absolute atomic E-state index is 14.3. The van der Waals surface area contributed by atoms with E-state index in [1.54, 1.807) is 42.3 Å². The van der Waals surface area contributed by atoms with Crippen LogP contribution in [0.25, 0.3) is 10.2 Å². The minimum Gasteiger partial charge on any atom is -0.336 e. The van der Waals surface area contributed by atoms with Gasteiger partial charge in [-0.1, -0.05) is 18.2 Å². The lowest BCUT2D eigenvalue weighted by atomic mass is 10.1. The third-order valence-corrected chi connectivity index (χ3v) is 6.67. The predicted molar refractivity (Wildman–Crippen MR) is 112 cm³/mol. The molecule has 2 aromatic carbocycles. The van der Waals surface area contributed by atoms with Crippen molar-refractivity contribution in [3.63, 3.8) is 0 Å². The normalized spacial score (nSPS) is 17.7. The lowest BCUT2D eigenvalue weighted by molar-refractivity contribution is -0.136. The topological polar surface area (TPSA) is 53.5 Å². The number of thiazole rings is 1. The van der Waals surface area contributed by atoms with E-state index in [2.05, 4.69) is 4.98 Å². The number of aryl methyl sites for hydroxylation is 1. The van der Waals surface area contributed by atoms with Crippen LogP contribution in [-0.4, -0.2) is 35.3 Å². The maximum atomic E-state index is 14.3. The zero-order valence-electron chi connectivity index (χ0n) is 16.6. The smallest absolute Gasteiger partial charge is 0.228 e. The van der Waals surface area contributed by atoms with Gasteiger partial charge in [0.05, 0.1) is 27.9 Å². The van der Waals surface area contributed by atoms with Gasteiger partial charge in [0.1, 0.15) is 10.8 Å². The molecule has 0 aliphatic carbocycles. The van der Waals surface area contributed by atoms with Gasteiger partial charge in [0.2, 0.25) is 11.8 Å². The number of hydrogen-bond donors (Lipinski definition) is 0. The first-order valence-corrected chi connectivity index (χ1v) is 10.4. The Labute approximate surface area is 172 Å². The molecule has 1 aliphatic heterocycles. The number of amides is 2. The average molecular weight is 412 g/mol. The minimum atomic E-state index is -0.495. The number of para-hydroxylation sites is 1. The lowest BCUT2D eigenvalue weighted by Gasteiger charge is -2.26. The first kappa shape index (κ1) is 19.5. The molecule has 2 heterocycles. The fraction of sp³-hybridized carbons (Fsp3) is 0.318. The number of carbonyl (C=O) groups is 2. The second-order valence-corrected chi connectivity index (χ2v) is 8.57. The van der Waals surface area contributed by atoms with Crippen LogP contribution in [0.2, 0.25) is 0 Å². The van der Waals surface area contributed by atoms with Gasteiger partial charge < -0.3 is 9.80 Å². The van der Waals surface area contributed by atoms with Crippen LogP contribution in [0.5, 0.6) is 0 Å². The molecule has 0 saturated carbocycles. The minimum absolute atomic E-state index is 0.0864. The third-order valence-electron chi connectivity index (χ3n) is 5.46. The summed E-state index contributed by atoms with van der Waals surface area (Å²) in [5, 5.41) is 0.854. The number of carbonyl (C=O) groups excluding carboxylic acids is 2. The van der Waals surface area contributed by atoms with Gasteiger partial charge in [-0.05, 0) is 43.7 Å². The van der Waals surface area contributed by atoms with E-state index >= 15 is 0 Å². The molecule has 3 aromatic rings. The SMILES string of the molecule is Cc1ccc(N2CC(C(=O)N(C)C(C)c3nc4ccccc4s3)CC2=O)c(F)c1. The molecule has 1 aromatic heterocycles. The fourth-order valence-corrected chi connectivity index (χ4v) is 4.71. The van der Waals surface area contributed by atoms with E-state index in [0.29, 0.717) is 0 Å². The van der Waals surface area contributed by atoms with E-state index in [4.69, 9.17) is 0 Å². The Kier molecular flexibility index (Phi) is 5.08. The summed E-state index contributed by atoms with van der Waals surface area (Å²) >= 11 is 1.56. The van der Waals surface area contributed by atoms with Crippen LogP contribution in [0.15, 0.2) is 42.5 Å². The van der Waals surface area contributed by atoms with Crippen LogP contribution in [-0.2, 0) is 9.59 Å². The van der Waals surface area contributed by atoms with Gasteiger partial charge in [0.15, 0.2) is 0 Å². The number of nitrogens with zero attached hydrogens (tertiary/aromatic N) is 3. The Hall–Kier alpha value is -2.80. The molecule has 2 amide bonds. The predicted octanol–water partition coefficient (Wildman–Crippen LogP) is 4.32. The molecule has 2 unspecified atom stereocenters. The summed E-state index contributed by atoms with van der Waals surface area (Å²) in [6, 6.07) is 12.4. The van der Waals surface area contributed by atoms with Gasteiger partial charge in [0.25, 0.3) is 0 Å². The van der Waals surface area contributed by atoms with Crippen LogP contribution in [0.1, 0.15) is 30.0 Å². The Balaban J connectivity index is 1.51. The molecule has 1 aliphatic rings. The highest BCUT2D eigenvalue weighted by Crippen LogP contribution is 2.32. The number of halogens is 1. The van der Waals surface area contributed by atoms with E-state index in [-0.39, 0.29) is 36.5 Å². The van der Waals surface area contributed by atoms with Crippen molar-refractivity contribution in [2.24, 2.45) is 5.92 Å². The first-order valence-electron chi connectivity index (χ1n) is 9.54. The van der Waals surface area contributed by atoms with Crippen LogP contribution in [0.3, 0.4) is 0 Å². The number of benzene rings is 2. The average Bonchev–Trinajstić information content (AvgIpc) is 3.30. The van der Waals surface area contributed by atoms with E-state index in [9.17, 15) is 14.0 Å². The van der Waals surface area contributed by atoms with Crippen LogP contribution < -0.4 is 4.90 Å². The molecule has 4 rings (SSSR count). The molecule has 0 spiro atoms. The summed E-state index contributed by atoms with van der Waals surface area (Å²) in [5.41, 5.74) is 1.94. The van der Waals surface area contributed by atoms with E-state index in [1.165, 1.54) is 11.0 Å². The second-order valence-electron chi connectivity index (χ2n) is 7.51. The zero-order valence-corrected chi connectivity index (χ0v) is 17.4. The van der Waals surface area contributed by atoms with E-state index in [1.807, 2.05) is 31.2 Å². The monoisotopic (exact) mass is 411 g/mol. The quantitative estimate of drug-likeness (QED) is 0.643. The number of anilines is 1. The Morgan fingerprint density at radius 3 is 2.79 bits per heavy atom. The van der Waals surface area contributed by atoms with Crippen molar-refractivity contribution >= 4 is 39.1 Å². The number of hydrogen-bond acceptors (Lipinski definition) is 4. The van der Waals surface area contributed by atoms with E-state index in [0.717, 1.165) is 20.8 Å². The van der Waals surface area contributed by atoms with Crippen molar-refractivity contribution in [3.05, 3.63) is 58.9 Å². The van der Waals surface area contributed by atoms with Gasteiger partial charge in [-0.2, -0.15) is 0 Å². The highest BCUT2D eigenvalue weighted by molar-refractivity contribution is 7.18. The largest absolute Gasteiger partial charge is 0.336 e. The third kappa shape index (κ3) is 3.62. The van der Waals surface area contributed by atoms with Crippen molar-refractivity contribution in [2.45, 2.75) is 26.3 Å². The standard InChI is InChI=1S/C22H22FN3O2S/c1-13-8-9-18(16(23)10-13)26-12-15(11-20(26)27)22(28)25(3)14(2)21-24-17-6-4-5-7-19(17)29-21/h4-10,14-15H,11-12H2,1-3H3. The summed E-state index contributed by atoms with van der Waals surface area (Å²) in [4.78, 5) is 33.2. The highest BCUT2D eigenvalue weighted by atomic mass is 32.1. The molecule has 150 valence electrons. The summed E-state index contributed by atoms with van der Waals surface area (Å²) in [5.74, 6) is -1.29. The molecule has 0 radical (unpaired) electrons. The fourth-order valence-electron chi connectivity index (χ4n) is 3.65. The van der Waals surface area contributed by atoms with Crippen LogP contribution in [0, 0.1) is 18.7 Å². The summed E-state index contributed by atoms with van der Waals surface area (Å²) in [6.07, 6.45) is 0.0864. The van der Waals surface area contributed by atoms with Crippen molar-refractivity contribution in [1.29, 1.82) is 0 Å². The highest BCUT2D eigenvalue weighted by Gasteiger charge is 2.38. The number of aromatic nitrogens is 1. The van der Waals surface area contributed by atoms with Gasteiger partial charge in [-0.25, -0.2) is 9.37 Å². The molecule has 1 saturated heterocycles. The Morgan fingerprint density at radius 1 is 1.31 bits per heavy atom. The van der Waals surface area contributed by atoms with Gasteiger partial charge in [-0.3, -0.25) is 9.59 Å². The van der Waals surface area contributed by atoms with Gasteiger partial charge in [0, 0.05) is 20.0 Å². The van der Waals surface area contributed by atoms with Crippen LogP contribution in [0.4, 0.5) is 10.1 Å². The first-order chi connectivity index (χ1) is 13.8. The van der Waals surface area contributed by atoms with Crippen LogP contribution >= 0.6 is 11.3 Å². The molecular weight excluding hydrogens is 389 g/mol. The second kappa shape index (κ2) is 7.55. The van der Waals surface area contributed by atoms with Gasteiger partial charge in [-0.15, -0.1) is 11.3 Å². The molecule has 29 heavy (non-hydrogen) atoms. The van der Waals surface area contributed by atoms with Crippen molar-refractivity contribution in [1.82, 2.24) is 9.88 Å². The van der Waals surface area contributed by atoms with Crippen molar-refractivity contribution in [2.75, 3.05) is 18.5 Å². The Bertz CT molecular complexity index is 1060. The molecular formula is C22H22FN3O2S. The number of rotatable bonds is 4. The molecule has 1 fully saturated rings. The van der Waals surface area contributed by atoms with Crippen molar-refractivity contribution < 1.29 is 14.0 Å². The zero-order chi connectivity index (χ0) is 20.7. The molecule has 2 atom stereocenters. The molecule has 5 nitrogen and oxygen atoms in total. The van der Waals surface area contributed by atoms with Gasteiger partial charge >= 0.3 is 0 Å². The summed E-state index contributed by atoms with van der Waals surface area (Å²) in [6.45, 7) is 3.92. The molecule has 0 N–H and O–H groups in total. The maximum Gasteiger partial charge on any atom is 0.228 e. The lowest BCUT2D eigenvalue weighted by Crippen LogP contribution is -2.36. The molecule has 7 heteroatoms. The Morgan fingerprint density at radius 2 is 2.07 bits per heavy atom.